The lowest BCUT2D eigenvalue weighted by Gasteiger charge is -2.26. The van der Waals surface area contributed by atoms with E-state index in [1.54, 1.807) is 0 Å². The van der Waals surface area contributed by atoms with Crippen molar-refractivity contribution in [2.75, 3.05) is 6.54 Å². The van der Waals surface area contributed by atoms with Gasteiger partial charge in [0.15, 0.2) is 0 Å². The van der Waals surface area contributed by atoms with Gasteiger partial charge in [-0.1, -0.05) is 13.3 Å². The summed E-state index contributed by atoms with van der Waals surface area (Å²) >= 11 is 0. The molecule has 1 aromatic rings. The highest BCUT2D eigenvalue weighted by atomic mass is 16.3. The lowest BCUT2D eigenvalue weighted by molar-refractivity contribution is 0.100. The summed E-state index contributed by atoms with van der Waals surface area (Å²) in [5.74, 6) is 0.656. The number of nitrogens with zero attached hydrogens (tertiary/aromatic N) is 1. The van der Waals surface area contributed by atoms with E-state index < -0.39 is 0 Å². The third-order valence-corrected chi connectivity index (χ3v) is 3.88. The van der Waals surface area contributed by atoms with Gasteiger partial charge in [0.05, 0.1) is 6.10 Å². The number of hydrogen-bond acceptors (Lipinski definition) is 2. The van der Waals surface area contributed by atoms with Crippen molar-refractivity contribution in [1.82, 2.24) is 9.88 Å². The van der Waals surface area contributed by atoms with E-state index in [9.17, 15) is 5.11 Å². The van der Waals surface area contributed by atoms with Gasteiger partial charge in [0.25, 0.3) is 0 Å². The van der Waals surface area contributed by atoms with E-state index in [0.717, 1.165) is 32.5 Å². The van der Waals surface area contributed by atoms with E-state index in [4.69, 9.17) is 0 Å². The summed E-state index contributed by atoms with van der Waals surface area (Å²) in [6, 6.07) is 4.31. The average Bonchev–Trinajstić information content (AvgIpc) is 2.78. The van der Waals surface area contributed by atoms with Crippen LogP contribution in [0.3, 0.4) is 0 Å². The van der Waals surface area contributed by atoms with Crippen LogP contribution in [-0.2, 0) is 13.1 Å². The molecule has 0 spiro atoms. The van der Waals surface area contributed by atoms with Crippen LogP contribution in [-0.4, -0.2) is 22.3 Å². The molecular weight excluding hydrogens is 224 g/mol. The number of nitrogens with one attached hydrogen (secondary N) is 1. The normalized spacial score (nSPS) is 24.3. The molecule has 2 atom stereocenters. The maximum absolute atomic E-state index is 9.65. The fourth-order valence-corrected chi connectivity index (χ4v) is 2.92. The van der Waals surface area contributed by atoms with Crippen LogP contribution < -0.4 is 5.32 Å². The Morgan fingerprint density at radius 1 is 1.44 bits per heavy atom. The topological polar surface area (TPSA) is 37.2 Å². The molecule has 2 N–H and O–H groups in total. The van der Waals surface area contributed by atoms with Crippen LogP contribution >= 0.6 is 0 Å². The molecule has 0 amide bonds. The maximum Gasteiger partial charge on any atom is 0.0543 e. The van der Waals surface area contributed by atoms with Crippen LogP contribution in [0.1, 0.15) is 44.7 Å². The molecule has 0 bridgehead atoms. The van der Waals surface area contributed by atoms with Crippen molar-refractivity contribution in [1.29, 1.82) is 0 Å². The first-order valence-electron chi connectivity index (χ1n) is 7.32. The number of aliphatic hydroxyl groups is 1. The van der Waals surface area contributed by atoms with E-state index >= 15 is 0 Å². The molecule has 1 aliphatic rings. The predicted molar refractivity (Wildman–Crippen MR) is 74.4 cm³/mol. The van der Waals surface area contributed by atoms with Crippen LogP contribution in [0.5, 0.6) is 0 Å². The van der Waals surface area contributed by atoms with Crippen molar-refractivity contribution in [3.8, 4) is 0 Å². The quantitative estimate of drug-likeness (QED) is 0.814. The fraction of sp³-hybridized carbons (Fsp3) is 0.733. The van der Waals surface area contributed by atoms with Crippen molar-refractivity contribution < 1.29 is 5.11 Å². The number of aromatic nitrogens is 1. The largest absolute Gasteiger partial charge is 0.393 e. The zero-order valence-electron chi connectivity index (χ0n) is 11.4. The van der Waals surface area contributed by atoms with E-state index in [0.29, 0.717) is 5.92 Å². The van der Waals surface area contributed by atoms with Gasteiger partial charge in [-0.3, -0.25) is 0 Å². The van der Waals surface area contributed by atoms with E-state index in [1.807, 2.05) is 0 Å². The molecule has 2 rings (SSSR count). The Bertz CT molecular complexity index is 348. The minimum atomic E-state index is -0.0606. The molecule has 1 saturated carbocycles. The summed E-state index contributed by atoms with van der Waals surface area (Å²) in [5, 5.41) is 13.2. The Balaban J connectivity index is 1.72. The first-order chi connectivity index (χ1) is 8.79. The Hall–Kier alpha value is -0.800. The standard InChI is InChI=1S/C15H26N2O/c1-2-8-17-9-4-6-14(17)12-16-11-13-5-3-7-15(18)10-13/h4,6,9,13,15-16,18H,2-3,5,7-8,10-12H2,1H3. The summed E-state index contributed by atoms with van der Waals surface area (Å²) < 4.78 is 2.32. The minimum Gasteiger partial charge on any atom is -0.393 e. The molecule has 3 nitrogen and oxygen atoms in total. The highest BCUT2D eigenvalue weighted by molar-refractivity contribution is 5.06. The molecule has 1 heterocycles. The predicted octanol–water partition coefficient (Wildman–Crippen LogP) is 2.54. The maximum atomic E-state index is 9.65. The minimum absolute atomic E-state index is 0.0606. The van der Waals surface area contributed by atoms with Crippen molar-refractivity contribution in [3.05, 3.63) is 24.0 Å². The Kier molecular flexibility index (Phi) is 5.26. The van der Waals surface area contributed by atoms with Gasteiger partial charge in [-0.2, -0.15) is 0 Å². The van der Waals surface area contributed by atoms with Crippen LogP contribution in [0, 0.1) is 5.92 Å². The van der Waals surface area contributed by atoms with Gasteiger partial charge in [0, 0.05) is 25.0 Å². The third kappa shape index (κ3) is 3.85. The number of aryl methyl sites for hydroxylation is 1. The molecule has 1 aliphatic carbocycles. The van der Waals surface area contributed by atoms with Crippen molar-refractivity contribution >= 4 is 0 Å². The van der Waals surface area contributed by atoms with Crippen molar-refractivity contribution in [2.24, 2.45) is 5.92 Å². The Morgan fingerprint density at radius 3 is 3.11 bits per heavy atom. The molecule has 0 aliphatic heterocycles. The summed E-state index contributed by atoms with van der Waals surface area (Å²) in [4.78, 5) is 0. The summed E-state index contributed by atoms with van der Waals surface area (Å²) in [5.41, 5.74) is 1.37. The lowest BCUT2D eigenvalue weighted by Crippen LogP contribution is -2.29. The van der Waals surface area contributed by atoms with Crippen LogP contribution in [0.4, 0.5) is 0 Å². The monoisotopic (exact) mass is 250 g/mol. The molecule has 1 aromatic heterocycles. The third-order valence-electron chi connectivity index (χ3n) is 3.88. The van der Waals surface area contributed by atoms with Crippen molar-refractivity contribution in [3.63, 3.8) is 0 Å². The number of hydrogen-bond donors (Lipinski definition) is 2. The molecular formula is C15H26N2O. The number of rotatable bonds is 6. The molecule has 0 radical (unpaired) electrons. The smallest absolute Gasteiger partial charge is 0.0543 e. The van der Waals surface area contributed by atoms with Gasteiger partial charge in [0.1, 0.15) is 0 Å². The lowest BCUT2D eigenvalue weighted by atomic mass is 9.87. The Morgan fingerprint density at radius 2 is 2.33 bits per heavy atom. The van der Waals surface area contributed by atoms with E-state index in [-0.39, 0.29) is 6.10 Å². The molecule has 1 fully saturated rings. The first-order valence-corrected chi connectivity index (χ1v) is 7.32. The number of aliphatic hydroxyl groups excluding tert-OH is 1. The summed E-state index contributed by atoms with van der Waals surface area (Å²) in [6.45, 7) is 5.29. The second kappa shape index (κ2) is 6.95. The fourth-order valence-electron chi connectivity index (χ4n) is 2.92. The summed E-state index contributed by atoms with van der Waals surface area (Å²) in [6.07, 6.45) is 7.69. The molecule has 102 valence electrons. The van der Waals surface area contributed by atoms with Gasteiger partial charge >= 0.3 is 0 Å². The van der Waals surface area contributed by atoms with E-state index in [2.05, 4.69) is 35.1 Å². The van der Waals surface area contributed by atoms with Crippen LogP contribution in [0.2, 0.25) is 0 Å². The highest BCUT2D eigenvalue weighted by Gasteiger charge is 2.19. The second-order valence-electron chi connectivity index (χ2n) is 5.51. The zero-order chi connectivity index (χ0) is 12.8. The highest BCUT2D eigenvalue weighted by Crippen LogP contribution is 2.23. The SMILES string of the molecule is CCCn1cccc1CNCC1CCCC(O)C1. The Labute approximate surface area is 110 Å². The van der Waals surface area contributed by atoms with E-state index in [1.165, 1.54) is 25.0 Å². The van der Waals surface area contributed by atoms with Crippen LogP contribution in [0.25, 0.3) is 0 Å². The van der Waals surface area contributed by atoms with Gasteiger partial charge in [-0.25, -0.2) is 0 Å². The zero-order valence-corrected chi connectivity index (χ0v) is 11.4. The molecule has 3 heteroatoms. The second-order valence-corrected chi connectivity index (χ2v) is 5.51. The molecule has 2 unspecified atom stereocenters. The van der Waals surface area contributed by atoms with Gasteiger partial charge in [-0.15, -0.1) is 0 Å². The van der Waals surface area contributed by atoms with Gasteiger partial charge in [0.2, 0.25) is 0 Å². The van der Waals surface area contributed by atoms with Crippen molar-refractivity contribution in [2.45, 2.75) is 58.2 Å². The molecule has 0 aromatic carbocycles. The van der Waals surface area contributed by atoms with Gasteiger partial charge in [-0.05, 0) is 50.3 Å². The summed E-state index contributed by atoms with van der Waals surface area (Å²) in [7, 11) is 0. The molecule has 18 heavy (non-hydrogen) atoms. The van der Waals surface area contributed by atoms with Crippen LogP contribution in [0.15, 0.2) is 18.3 Å². The van der Waals surface area contributed by atoms with Gasteiger partial charge < -0.3 is 15.0 Å². The first kappa shape index (κ1) is 13.6. The average molecular weight is 250 g/mol. The molecule has 0 saturated heterocycles.